The van der Waals surface area contributed by atoms with E-state index in [1.807, 2.05) is 19.1 Å². The van der Waals surface area contributed by atoms with E-state index in [0.29, 0.717) is 6.61 Å². The molecule has 3 nitrogen and oxygen atoms in total. The molecule has 0 radical (unpaired) electrons. The molecule has 1 atom stereocenters. The average molecular weight is 166 g/mol. The average Bonchev–Trinajstić information content (AvgIpc) is 2.05. The fourth-order valence-corrected chi connectivity index (χ4v) is 0.795. The second kappa shape index (κ2) is 4.72. The zero-order valence-electron chi connectivity index (χ0n) is 7.23. The van der Waals surface area contributed by atoms with Gasteiger partial charge in [-0.05, 0) is 25.5 Å². The molecule has 0 aliphatic carbocycles. The summed E-state index contributed by atoms with van der Waals surface area (Å²) < 4.78 is 5.37. The summed E-state index contributed by atoms with van der Waals surface area (Å²) in [6, 6.07) is 3.93. The van der Waals surface area contributed by atoms with Gasteiger partial charge in [0, 0.05) is 12.2 Å². The molecule has 66 valence electrons. The first-order valence-electron chi connectivity index (χ1n) is 4.07. The second-order valence-corrected chi connectivity index (χ2v) is 2.80. The number of nitrogens with two attached hydrogens (primary N) is 1. The maximum Gasteiger partial charge on any atom is 0.137 e. The van der Waals surface area contributed by atoms with Crippen molar-refractivity contribution in [2.45, 2.75) is 19.4 Å². The molecule has 0 amide bonds. The summed E-state index contributed by atoms with van der Waals surface area (Å²) in [7, 11) is 0. The highest BCUT2D eigenvalue weighted by atomic mass is 16.5. The van der Waals surface area contributed by atoms with Crippen molar-refractivity contribution in [2.75, 3.05) is 6.61 Å². The van der Waals surface area contributed by atoms with Gasteiger partial charge in [0.15, 0.2) is 0 Å². The second-order valence-electron chi connectivity index (χ2n) is 2.80. The standard InChI is InChI=1S/C9H14N2O/c1-8(10)4-6-12-9-3-2-5-11-7-9/h2-3,5,7-8H,4,6,10H2,1H3. The molecule has 1 unspecified atom stereocenters. The van der Waals surface area contributed by atoms with Crippen molar-refractivity contribution in [2.24, 2.45) is 5.73 Å². The van der Waals surface area contributed by atoms with E-state index in [2.05, 4.69) is 4.98 Å². The van der Waals surface area contributed by atoms with E-state index in [0.717, 1.165) is 12.2 Å². The number of nitrogens with zero attached hydrogens (tertiary/aromatic N) is 1. The molecule has 0 aromatic carbocycles. The Morgan fingerprint density at radius 2 is 2.50 bits per heavy atom. The van der Waals surface area contributed by atoms with Gasteiger partial charge in [-0.3, -0.25) is 4.98 Å². The maximum absolute atomic E-state index is 5.56. The normalized spacial score (nSPS) is 12.5. The van der Waals surface area contributed by atoms with E-state index < -0.39 is 0 Å². The number of hydrogen-bond acceptors (Lipinski definition) is 3. The molecule has 0 spiro atoms. The van der Waals surface area contributed by atoms with E-state index in [9.17, 15) is 0 Å². The summed E-state index contributed by atoms with van der Waals surface area (Å²) in [5.41, 5.74) is 5.56. The van der Waals surface area contributed by atoms with E-state index in [-0.39, 0.29) is 6.04 Å². The first-order valence-corrected chi connectivity index (χ1v) is 4.07. The van der Waals surface area contributed by atoms with Gasteiger partial charge in [0.2, 0.25) is 0 Å². The van der Waals surface area contributed by atoms with Crippen LogP contribution in [-0.4, -0.2) is 17.6 Å². The van der Waals surface area contributed by atoms with Gasteiger partial charge in [0.1, 0.15) is 5.75 Å². The van der Waals surface area contributed by atoms with Crippen molar-refractivity contribution in [3.05, 3.63) is 24.5 Å². The van der Waals surface area contributed by atoms with Crippen LogP contribution >= 0.6 is 0 Å². The molecule has 0 fully saturated rings. The Labute approximate surface area is 72.6 Å². The lowest BCUT2D eigenvalue weighted by molar-refractivity contribution is 0.300. The van der Waals surface area contributed by atoms with Gasteiger partial charge in [-0.25, -0.2) is 0 Å². The predicted octanol–water partition coefficient (Wildman–Crippen LogP) is 1.20. The highest BCUT2D eigenvalue weighted by Crippen LogP contribution is 2.06. The first kappa shape index (κ1) is 9.00. The van der Waals surface area contributed by atoms with Gasteiger partial charge in [-0.2, -0.15) is 0 Å². The molecule has 1 rings (SSSR count). The number of pyridine rings is 1. The third-order valence-electron chi connectivity index (χ3n) is 1.48. The van der Waals surface area contributed by atoms with Crippen LogP contribution in [0.15, 0.2) is 24.5 Å². The molecule has 2 N–H and O–H groups in total. The minimum absolute atomic E-state index is 0.196. The predicted molar refractivity (Wildman–Crippen MR) is 48.0 cm³/mol. The molecular formula is C9H14N2O. The number of ether oxygens (including phenoxy) is 1. The van der Waals surface area contributed by atoms with Crippen LogP contribution in [0, 0.1) is 0 Å². The monoisotopic (exact) mass is 166 g/mol. The quantitative estimate of drug-likeness (QED) is 0.731. The number of rotatable bonds is 4. The molecule has 1 aromatic heterocycles. The highest BCUT2D eigenvalue weighted by molar-refractivity contribution is 5.15. The smallest absolute Gasteiger partial charge is 0.137 e. The molecule has 3 heteroatoms. The van der Waals surface area contributed by atoms with Gasteiger partial charge in [0.05, 0.1) is 12.8 Å². The summed E-state index contributed by atoms with van der Waals surface area (Å²) in [6.45, 7) is 2.62. The summed E-state index contributed by atoms with van der Waals surface area (Å²) in [5, 5.41) is 0. The van der Waals surface area contributed by atoms with Crippen molar-refractivity contribution >= 4 is 0 Å². The SMILES string of the molecule is CC(N)CCOc1cccnc1. The van der Waals surface area contributed by atoms with Gasteiger partial charge >= 0.3 is 0 Å². The van der Waals surface area contributed by atoms with Gasteiger partial charge in [-0.1, -0.05) is 0 Å². The van der Waals surface area contributed by atoms with Crippen LogP contribution in [0.5, 0.6) is 5.75 Å². The summed E-state index contributed by atoms with van der Waals surface area (Å²) in [4.78, 5) is 3.93. The third kappa shape index (κ3) is 3.34. The molecule has 0 aliphatic rings. The topological polar surface area (TPSA) is 48.1 Å². The molecule has 12 heavy (non-hydrogen) atoms. The van der Waals surface area contributed by atoms with Gasteiger partial charge in [0.25, 0.3) is 0 Å². The van der Waals surface area contributed by atoms with Crippen molar-refractivity contribution in [1.82, 2.24) is 4.98 Å². The van der Waals surface area contributed by atoms with Crippen LogP contribution in [-0.2, 0) is 0 Å². The number of hydrogen-bond donors (Lipinski definition) is 1. The molecule has 0 saturated carbocycles. The maximum atomic E-state index is 5.56. The van der Waals surface area contributed by atoms with Crippen LogP contribution in [0.3, 0.4) is 0 Å². The number of aromatic nitrogens is 1. The van der Waals surface area contributed by atoms with Gasteiger partial charge in [-0.15, -0.1) is 0 Å². The molecule has 0 saturated heterocycles. The van der Waals surface area contributed by atoms with Crippen LogP contribution in [0.25, 0.3) is 0 Å². The molecule has 1 aromatic rings. The van der Waals surface area contributed by atoms with E-state index in [4.69, 9.17) is 10.5 Å². The molecule has 0 aliphatic heterocycles. The highest BCUT2D eigenvalue weighted by Gasteiger charge is 1.95. The van der Waals surface area contributed by atoms with Crippen LogP contribution in [0.2, 0.25) is 0 Å². The fraction of sp³-hybridized carbons (Fsp3) is 0.444. The van der Waals surface area contributed by atoms with Crippen molar-refractivity contribution in [1.29, 1.82) is 0 Å². The minimum Gasteiger partial charge on any atom is -0.492 e. The first-order chi connectivity index (χ1) is 5.79. The third-order valence-corrected chi connectivity index (χ3v) is 1.48. The largest absolute Gasteiger partial charge is 0.492 e. The lowest BCUT2D eigenvalue weighted by atomic mass is 10.3. The Morgan fingerprint density at radius 1 is 1.67 bits per heavy atom. The zero-order valence-corrected chi connectivity index (χ0v) is 7.23. The molecule has 1 heterocycles. The Bertz CT molecular complexity index is 211. The van der Waals surface area contributed by atoms with Crippen LogP contribution in [0.4, 0.5) is 0 Å². The van der Waals surface area contributed by atoms with Crippen molar-refractivity contribution < 1.29 is 4.74 Å². The summed E-state index contributed by atoms with van der Waals surface area (Å²) in [5.74, 6) is 0.804. The van der Waals surface area contributed by atoms with E-state index in [1.54, 1.807) is 12.4 Å². The molecular weight excluding hydrogens is 152 g/mol. The molecule has 0 bridgehead atoms. The summed E-state index contributed by atoms with van der Waals surface area (Å²) in [6.07, 6.45) is 4.29. The Morgan fingerprint density at radius 3 is 3.08 bits per heavy atom. The van der Waals surface area contributed by atoms with Crippen molar-refractivity contribution in [3.8, 4) is 5.75 Å². The van der Waals surface area contributed by atoms with E-state index >= 15 is 0 Å². The van der Waals surface area contributed by atoms with E-state index in [1.165, 1.54) is 0 Å². The van der Waals surface area contributed by atoms with Crippen LogP contribution < -0.4 is 10.5 Å². The minimum atomic E-state index is 0.196. The van der Waals surface area contributed by atoms with Crippen LogP contribution in [0.1, 0.15) is 13.3 Å². The van der Waals surface area contributed by atoms with Crippen molar-refractivity contribution in [3.63, 3.8) is 0 Å². The Balaban J connectivity index is 2.25. The lowest BCUT2D eigenvalue weighted by Gasteiger charge is -2.06. The summed E-state index contributed by atoms with van der Waals surface area (Å²) >= 11 is 0. The fourth-order valence-electron chi connectivity index (χ4n) is 0.795. The zero-order chi connectivity index (χ0) is 8.81. The van der Waals surface area contributed by atoms with Gasteiger partial charge < -0.3 is 10.5 Å². The lowest BCUT2D eigenvalue weighted by Crippen LogP contribution is -2.18. The Kier molecular flexibility index (Phi) is 3.54. The Hall–Kier alpha value is -1.09.